The number of H-pyrrole nitrogens is 1. The van der Waals surface area contributed by atoms with Gasteiger partial charge in [-0.25, -0.2) is 4.99 Å². The van der Waals surface area contributed by atoms with Crippen molar-refractivity contribution in [2.75, 3.05) is 6.54 Å². The molecule has 18 heavy (non-hydrogen) atoms. The lowest BCUT2D eigenvalue weighted by Gasteiger charge is -2.11. The first-order valence-electron chi connectivity index (χ1n) is 5.59. The molecule has 1 aromatic rings. The van der Waals surface area contributed by atoms with E-state index in [1.807, 2.05) is 0 Å². The highest BCUT2D eigenvalue weighted by molar-refractivity contribution is 6.47. The van der Waals surface area contributed by atoms with E-state index in [4.69, 9.17) is 5.73 Å². The van der Waals surface area contributed by atoms with Crippen molar-refractivity contribution in [3.8, 4) is 0 Å². The maximum atomic E-state index is 11.8. The lowest BCUT2D eigenvalue weighted by atomic mass is 9.91. The van der Waals surface area contributed by atoms with E-state index >= 15 is 0 Å². The molecule has 1 unspecified atom stereocenters. The van der Waals surface area contributed by atoms with E-state index in [9.17, 15) is 9.59 Å². The van der Waals surface area contributed by atoms with Gasteiger partial charge in [-0.2, -0.15) is 4.99 Å². The maximum absolute atomic E-state index is 11.8. The molecule has 0 aliphatic carbocycles. The van der Waals surface area contributed by atoms with Crippen LogP contribution in [-0.2, 0) is 4.79 Å². The smallest absolute Gasteiger partial charge is 0.295 e. The van der Waals surface area contributed by atoms with Crippen molar-refractivity contribution in [3.05, 3.63) is 23.5 Å². The van der Waals surface area contributed by atoms with Crippen LogP contribution in [0.3, 0.4) is 0 Å². The monoisotopic (exact) mass is 245 g/mol. The highest BCUT2D eigenvalue weighted by Gasteiger charge is 2.33. The van der Waals surface area contributed by atoms with Crippen molar-refractivity contribution in [1.82, 2.24) is 10.3 Å². The first-order chi connectivity index (χ1) is 8.66. The molecular weight excluding hydrogens is 234 g/mol. The minimum atomic E-state index is -0.418. The number of carbonyl (C=O) groups excluding carboxylic acids is 2. The molecule has 0 saturated heterocycles. The number of carbonyl (C=O) groups is 2. The number of aromatic nitrogens is 1. The van der Waals surface area contributed by atoms with Crippen LogP contribution in [0.15, 0.2) is 22.2 Å². The molecule has 4 N–H and O–H groups in total. The highest BCUT2D eigenvalue weighted by atomic mass is 16.2. The van der Waals surface area contributed by atoms with Crippen LogP contribution in [0.5, 0.6) is 0 Å². The maximum Gasteiger partial charge on any atom is 0.295 e. The van der Waals surface area contributed by atoms with E-state index in [-0.39, 0.29) is 17.8 Å². The van der Waals surface area contributed by atoms with Gasteiger partial charge in [0.25, 0.3) is 11.8 Å². The van der Waals surface area contributed by atoms with Gasteiger partial charge in [0.1, 0.15) is 11.4 Å². The number of hydrogen-bond donors (Lipinski definition) is 3. The molecule has 3 heterocycles. The largest absolute Gasteiger partial charge is 0.368 e. The molecule has 0 aromatic carbocycles. The van der Waals surface area contributed by atoms with Crippen molar-refractivity contribution in [2.24, 2.45) is 15.7 Å². The number of nitrogens with two attached hydrogens (primary N) is 1. The number of nitrogens with zero attached hydrogens (tertiary/aromatic N) is 2. The fourth-order valence-electron chi connectivity index (χ4n) is 2.31. The molecule has 2 amide bonds. The minimum Gasteiger partial charge on any atom is -0.368 e. The zero-order valence-electron chi connectivity index (χ0n) is 9.43. The van der Waals surface area contributed by atoms with Crippen LogP contribution in [0.1, 0.15) is 28.4 Å². The van der Waals surface area contributed by atoms with E-state index in [1.165, 1.54) is 0 Å². The van der Waals surface area contributed by atoms with Gasteiger partial charge in [0.15, 0.2) is 0 Å². The summed E-state index contributed by atoms with van der Waals surface area (Å²) in [5.74, 6) is -0.852. The van der Waals surface area contributed by atoms with Crippen LogP contribution >= 0.6 is 0 Å². The zero-order valence-corrected chi connectivity index (χ0v) is 9.43. The molecule has 0 fully saturated rings. The zero-order chi connectivity index (χ0) is 12.7. The summed E-state index contributed by atoms with van der Waals surface area (Å²) < 4.78 is 0. The molecule has 1 aromatic heterocycles. The van der Waals surface area contributed by atoms with Crippen LogP contribution in [0, 0.1) is 0 Å². The summed E-state index contributed by atoms with van der Waals surface area (Å²) in [6.45, 7) is 0.484. The standard InChI is InChI=1S/C11H11N5O2/c12-11-15-8(10(18)16-11)6-2-4-14-9(17)7-5(6)1-3-13-7/h1,3,6,13H,2,4H2,(H,14,17)(H2,12,16,18). The first-order valence-corrected chi connectivity index (χ1v) is 5.59. The van der Waals surface area contributed by atoms with Gasteiger partial charge in [0.2, 0.25) is 5.96 Å². The second-order valence-corrected chi connectivity index (χ2v) is 4.18. The Hall–Kier alpha value is -2.44. The average molecular weight is 245 g/mol. The third-order valence-corrected chi connectivity index (χ3v) is 3.10. The second kappa shape index (κ2) is 3.80. The Morgan fingerprint density at radius 3 is 2.89 bits per heavy atom. The molecule has 7 heteroatoms. The molecular formula is C11H11N5O2. The predicted molar refractivity (Wildman–Crippen MR) is 64.5 cm³/mol. The number of amides is 2. The Morgan fingerprint density at radius 2 is 2.17 bits per heavy atom. The van der Waals surface area contributed by atoms with Gasteiger partial charge >= 0.3 is 0 Å². The van der Waals surface area contributed by atoms with Gasteiger partial charge in [-0.05, 0) is 18.1 Å². The van der Waals surface area contributed by atoms with Gasteiger partial charge < -0.3 is 16.0 Å². The highest BCUT2D eigenvalue weighted by Crippen LogP contribution is 2.28. The normalized spacial score (nSPS) is 23.0. The Morgan fingerprint density at radius 1 is 1.33 bits per heavy atom. The SMILES string of the molecule is NC1=NC(=O)C(C2CCNC(=O)c3[nH]ccc32)=N1. The predicted octanol–water partition coefficient (Wildman–Crippen LogP) is -0.472. The van der Waals surface area contributed by atoms with Gasteiger partial charge in [-0.15, -0.1) is 0 Å². The molecule has 0 spiro atoms. The number of aromatic amines is 1. The van der Waals surface area contributed by atoms with Gasteiger partial charge in [-0.3, -0.25) is 9.59 Å². The molecule has 92 valence electrons. The fraction of sp³-hybridized carbons (Fsp3) is 0.273. The van der Waals surface area contributed by atoms with Crippen molar-refractivity contribution in [1.29, 1.82) is 0 Å². The summed E-state index contributed by atoms with van der Waals surface area (Å²) in [6, 6.07) is 1.79. The molecule has 0 radical (unpaired) electrons. The Kier molecular flexibility index (Phi) is 2.26. The summed E-state index contributed by atoms with van der Waals surface area (Å²) in [5, 5.41) is 2.76. The molecule has 7 nitrogen and oxygen atoms in total. The van der Waals surface area contributed by atoms with Crippen LogP contribution in [0.4, 0.5) is 0 Å². The number of rotatable bonds is 1. The summed E-state index contributed by atoms with van der Waals surface area (Å²) in [5.41, 5.74) is 6.98. The Bertz CT molecular complexity index is 598. The molecule has 2 aliphatic rings. The number of fused-ring (bicyclic) bond motifs is 1. The van der Waals surface area contributed by atoms with Crippen molar-refractivity contribution in [3.63, 3.8) is 0 Å². The van der Waals surface area contributed by atoms with Gasteiger partial charge in [0.05, 0.1) is 0 Å². The number of guanidine groups is 1. The number of aliphatic imine (C=N–C) groups is 2. The van der Waals surface area contributed by atoms with E-state index in [1.54, 1.807) is 12.3 Å². The fourth-order valence-corrected chi connectivity index (χ4v) is 2.31. The van der Waals surface area contributed by atoms with Crippen LogP contribution in [0.25, 0.3) is 0 Å². The second-order valence-electron chi connectivity index (χ2n) is 4.18. The number of hydrogen-bond acceptors (Lipinski definition) is 4. The van der Waals surface area contributed by atoms with E-state index in [0.29, 0.717) is 24.4 Å². The Balaban J connectivity index is 2.04. The van der Waals surface area contributed by atoms with Gasteiger partial charge in [0, 0.05) is 18.7 Å². The van der Waals surface area contributed by atoms with Gasteiger partial charge in [-0.1, -0.05) is 0 Å². The summed E-state index contributed by atoms with van der Waals surface area (Å²) in [6.07, 6.45) is 2.27. The molecule has 3 rings (SSSR count). The third kappa shape index (κ3) is 1.52. The lowest BCUT2D eigenvalue weighted by molar-refractivity contribution is -0.111. The van der Waals surface area contributed by atoms with Crippen molar-refractivity contribution < 1.29 is 9.59 Å². The summed E-state index contributed by atoms with van der Waals surface area (Å²) >= 11 is 0. The lowest BCUT2D eigenvalue weighted by Crippen LogP contribution is -2.23. The van der Waals surface area contributed by atoms with Crippen LogP contribution < -0.4 is 11.1 Å². The van der Waals surface area contributed by atoms with E-state index in [2.05, 4.69) is 20.3 Å². The topological polar surface area (TPSA) is 113 Å². The molecule has 0 bridgehead atoms. The molecule has 1 atom stereocenters. The molecule has 2 aliphatic heterocycles. The summed E-state index contributed by atoms with van der Waals surface area (Å²) in [4.78, 5) is 33.9. The minimum absolute atomic E-state index is 0.0179. The van der Waals surface area contributed by atoms with E-state index in [0.717, 1.165) is 5.56 Å². The van der Waals surface area contributed by atoms with E-state index < -0.39 is 5.91 Å². The quantitative estimate of drug-likeness (QED) is 0.621. The van der Waals surface area contributed by atoms with Crippen molar-refractivity contribution >= 4 is 23.5 Å². The first kappa shape index (κ1) is 10.7. The van der Waals surface area contributed by atoms with Crippen molar-refractivity contribution in [2.45, 2.75) is 12.3 Å². The van der Waals surface area contributed by atoms with Crippen LogP contribution in [0.2, 0.25) is 0 Å². The Labute approximate surface area is 102 Å². The third-order valence-electron chi connectivity index (χ3n) is 3.10. The average Bonchev–Trinajstić information content (AvgIpc) is 2.88. The summed E-state index contributed by atoms with van der Waals surface area (Å²) in [7, 11) is 0. The molecule has 0 saturated carbocycles. The number of nitrogens with one attached hydrogen (secondary N) is 2. The van der Waals surface area contributed by atoms with Crippen LogP contribution in [-0.4, -0.2) is 35.0 Å².